The van der Waals surface area contributed by atoms with Crippen LogP contribution in [0.15, 0.2) is 39.8 Å². The molecule has 2 aromatic rings. The van der Waals surface area contributed by atoms with E-state index in [-0.39, 0.29) is 35.3 Å². The third kappa shape index (κ3) is 4.57. The maximum Gasteiger partial charge on any atom is 0.231 e. The van der Waals surface area contributed by atoms with Crippen LogP contribution in [-0.2, 0) is 14.6 Å². The number of nitrogens with zero attached hydrogens (tertiary/aromatic N) is 1. The first kappa shape index (κ1) is 16.5. The van der Waals surface area contributed by atoms with Gasteiger partial charge in [0.05, 0.1) is 16.3 Å². The number of nitrogens with one attached hydrogen (secondary N) is 1. The second-order valence-electron chi connectivity index (χ2n) is 4.76. The van der Waals surface area contributed by atoms with Gasteiger partial charge in [0, 0.05) is 17.5 Å². The molecule has 0 aliphatic carbocycles. The number of anilines is 1. The molecule has 8 heteroatoms. The number of aromatic nitrogens is 1. The van der Waals surface area contributed by atoms with Crippen LogP contribution in [0.25, 0.3) is 0 Å². The highest BCUT2D eigenvalue weighted by atomic mass is 35.5. The third-order valence-corrected chi connectivity index (χ3v) is 4.95. The molecule has 1 aromatic heterocycles. The van der Waals surface area contributed by atoms with Crippen LogP contribution in [0, 0.1) is 6.92 Å². The fourth-order valence-corrected chi connectivity index (χ4v) is 3.24. The number of benzene rings is 1. The van der Waals surface area contributed by atoms with Crippen molar-refractivity contribution in [2.75, 3.05) is 11.1 Å². The van der Waals surface area contributed by atoms with Crippen molar-refractivity contribution in [1.29, 1.82) is 0 Å². The molecule has 1 N–H and O–H groups in total. The Kier molecular flexibility index (Phi) is 5.20. The Morgan fingerprint density at radius 2 is 2.00 bits per heavy atom. The van der Waals surface area contributed by atoms with E-state index >= 15 is 0 Å². The number of rotatable bonds is 6. The van der Waals surface area contributed by atoms with E-state index in [1.54, 1.807) is 13.0 Å². The number of carbonyl (C=O) groups is 1. The van der Waals surface area contributed by atoms with E-state index in [0.717, 1.165) is 0 Å². The topological polar surface area (TPSA) is 89.3 Å². The molecule has 0 unspecified atom stereocenters. The first-order valence-electron chi connectivity index (χ1n) is 6.58. The zero-order valence-electron chi connectivity index (χ0n) is 11.9. The minimum Gasteiger partial charge on any atom is -0.338 e. The van der Waals surface area contributed by atoms with Gasteiger partial charge in [-0.15, -0.1) is 0 Å². The highest BCUT2D eigenvalue weighted by Crippen LogP contribution is 2.16. The van der Waals surface area contributed by atoms with Crippen molar-refractivity contribution in [3.05, 3.63) is 41.0 Å². The molecule has 0 saturated heterocycles. The lowest BCUT2D eigenvalue weighted by Crippen LogP contribution is -2.14. The van der Waals surface area contributed by atoms with Crippen LogP contribution in [-0.4, -0.2) is 25.2 Å². The van der Waals surface area contributed by atoms with Crippen molar-refractivity contribution in [1.82, 2.24) is 5.16 Å². The Morgan fingerprint density at radius 3 is 2.59 bits per heavy atom. The summed E-state index contributed by atoms with van der Waals surface area (Å²) in [6, 6.07) is 7.53. The standard InChI is InChI=1S/C14H15ClN2O4S/c1-10-9-14(21-17-10)16-13(18)3-2-8-22(19,20)12-6-4-11(15)5-7-12/h4-7,9H,2-3,8H2,1H3,(H,16,18). The largest absolute Gasteiger partial charge is 0.338 e. The molecule has 0 saturated carbocycles. The molecule has 0 radical (unpaired) electrons. The van der Waals surface area contributed by atoms with E-state index in [1.807, 2.05) is 0 Å². The van der Waals surface area contributed by atoms with Gasteiger partial charge >= 0.3 is 0 Å². The molecular weight excluding hydrogens is 328 g/mol. The zero-order valence-corrected chi connectivity index (χ0v) is 13.4. The molecule has 0 atom stereocenters. The number of halogens is 1. The van der Waals surface area contributed by atoms with Crippen molar-refractivity contribution in [2.24, 2.45) is 0 Å². The van der Waals surface area contributed by atoms with Gasteiger partial charge in [-0.3, -0.25) is 10.1 Å². The molecule has 2 rings (SSSR count). The molecule has 22 heavy (non-hydrogen) atoms. The molecule has 0 aliphatic rings. The van der Waals surface area contributed by atoms with Crippen LogP contribution in [0.2, 0.25) is 5.02 Å². The summed E-state index contributed by atoms with van der Waals surface area (Å²) in [6.45, 7) is 1.73. The lowest BCUT2D eigenvalue weighted by atomic mass is 10.3. The Labute approximate surface area is 133 Å². The lowest BCUT2D eigenvalue weighted by molar-refractivity contribution is -0.116. The minimum atomic E-state index is -3.42. The summed E-state index contributed by atoms with van der Waals surface area (Å²) in [5.74, 6) is -0.178. The SMILES string of the molecule is Cc1cc(NC(=O)CCCS(=O)(=O)c2ccc(Cl)cc2)on1. The van der Waals surface area contributed by atoms with E-state index in [1.165, 1.54) is 24.3 Å². The summed E-state index contributed by atoms with van der Waals surface area (Å²) < 4.78 is 29.0. The van der Waals surface area contributed by atoms with Gasteiger partial charge in [-0.25, -0.2) is 8.42 Å². The molecule has 1 aromatic carbocycles. The fraction of sp³-hybridized carbons (Fsp3) is 0.286. The van der Waals surface area contributed by atoms with Crippen LogP contribution in [0.1, 0.15) is 18.5 Å². The van der Waals surface area contributed by atoms with Crippen molar-refractivity contribution < 1.29 is 17.7 Å². The maximum absolute atomic E-state index is 12.1. The predicted molar refractivity (Wildman–Crippen MR) is 82.6 cm³/mol. The zero-order chi connectivity index (χ0) is 16.2. The predicted octanol–water partition coefficient (Wildman–Crippen LogP) is 2.83. The van der Waals surface area contributed by atoms with Gasteiger partial charge in [-0.2, -0.15) is 0 Å². The molecule has 0 aliphatic heterocycles. The number of carbonyl (C=O) groups excluding carboxylic acids is 1. The fourth-order valence-electron chi connectivity index (χ4n) is 1.80. The van der Waals surface area contributed by atoms with Crippen LogP contribution in [0.4, 0.5) is 5.88 Å². The highest BCUT2D eigenvalue weighted by Gasteiger charge is 2.15. The van der Waals surface area contributed by atoms with Gasteiger partial charge in [0.15, 0.2) is 9.84 Å². The van der Waals surface area contributed by atoms with Crippen molar-refractivity contribution in [2.45, 2.75) is 24.7 Å². The van der Waals surface area contributed by atoms with Crippen LogP contribution < -0.4 is 5.32 Å². The Balaban J connectivity index is 1.84. The van der Waals surface area contributed by atoms with Gasteiger partial charge in [0.25, 0.3) is 0 Å². The minimum absolute atomic E-state index is 0.0760. The van der Waals surface area contributed by atoms with E-state index in [9.17, 15) is 13.2 Å². The number of aryl methyl sites for hydroxylation is 1. The smallest absolute Gasteiger partial charge is 0.231 e. The average molecular weight is 343 g/mol. The molecule has 0 fully saturated rings. The normalized spacial score (nSPS) is 11.4. The van der Waals surface area contributed by atoms with Crippen LogP contribution >= 0.6 is 11.6 Å². The van der Waals surface area contributed by atoms with E-state index < -0.39 is 9.84 Å². The lowest BCUT2D eigenvalue weighted by Gasteiger charge is -2.04. The monoisotopic (exact) mass is 342 g/mol. The molecule has 118 valence electrons. The van der Waals surface area contributed by atoms with Gasteiger partial charge in [0.2, 0.25) is 11.8 Å². The highest BCUT2D eigenvalue weighted by molar-refractivity contribution is 7.91. The number of amides is 1. The summed E-state index contributed by atoms with van der Waals surface area (Å²) in [5, 5.41) is 6.63. The van der Waals surface area contributed by atoms with Gasteiger partial charge in [-0.1, -0.05) is 16.8 Å². The summed E-state index contributed by atoms with van der Waals surface area (Å²) in [5.41, 5.74) is 0.653. The first-order chi connectivity index (χ1) is 10.4. The average Bonchev–Trinajstić information content (AvgIpc) is 2.84. The molecule has 1 amide bonds. The molecular formula is C14H15ClN2O4S. The van der Waals surface area contributed by atoms with Gasteiger partial charge in [0.1, 0.15) is 0 Å². The number of sulfone groups is 1. The third-order valence-electron chi connectivity index (χ3n) is 2.88. The number of hydrogen-bond acceptors (Lipinski definition) is 5. The van der Waals surface area contributed by atoms with Crippen molar-refractivity contribution in [3.63, 3.8) is 0 Å². The Morgan fingerprint density at radius 1 is 1.32 bits per heavy atom. The maximum atomic E-state index is 12.1. The first-order valence-corrected chi connectivity index (χ1v) is 8.61. The Bertz CT molecular complexity index is 753. The van der Waals surface area contributed by atoms with Crippen molar-refractivity contribution >= 4 is 33.2 Å². The molecule has 0 bridgehead atoms. The van der Waals surface area contributed by atoms with Crippen LogP contribution in [0.3, 0.4) is 0 Å². The summed E-state index contributed by atoms with van der Waals surface area (Å²) in [7, 11) is -3.42. The quantitative estimate of drug-likeness (QED) is 0.871. The second-order valence-corrected chi connectivity index (χ2v) is 7.30. The van der Waals surface area contributed by atoms with Gasteiger partial charge in [-0.05, 0) is 37.6 Å². The van der Waals surface area contributed by atoms with E-state index in [2.05, 4.69) is 10.5 Å². The second kappa shape index (κ2) is 6.93. The molecule has 1 heterocycles. The van der Waals surface area contributed by atoms with E-state index in [0.29, 0.717) is 10.7 Å². The summed E-state index contributed by atoms with van der Waals surface area (Å²) >= 11 is 5.72. The van der Waals surface area contributed by atoms with E-state index in [4.69, 9.17) is 16.1 Å². The van der Waals surface area contributed by atoms with Gasteiger partial charge < -0.3 is 4.52 Å². The number of hydrogen-bond donors (Lipinski definition) is 1. The summed E-state index contributed by atoms with van der Waals surface area (Å²) in [6.07, 6.45) is 0.288. The van der Waals surface area contributed by atoms with Crippen LogP contribution in [0.5, 0.6) is 0 Å². The summed E-state index contributed by atoms with van der Waals surface area (Å²) in [4.78, 5) is 11.9. The Hall–Kier alpha value is -1.86. The molecule has 0 spiro atoms. The van der Waals surface area contributed by atoms with Crippen molar-refractivity contribution in [3.8, 4) is 0 Å². The molecule has 6 nitrogen and oxygen atoms in total.